The van der Waals surface area contributed by atoms with Gasteiger partial charge < -0.3 is 14.4 Å². The highest BCUT2D eigenvalue weighted by atomic mass is 19.1. The van der Waals surface area contributed by atoms with E-state index in [2.05, 4.69) is 16.8 Å². The van der Waals surface area contributed by atoms with Gasteiger partial charge in [-0.15, -0.1) is 0 Å². The molecule has 0 spiro atoms. The molecule has 1 aromatic heterocycles. The van der Waals surface area contributed by atoms with Crippen LogP contribution in [0, 0.1) is 23.2 Å². The van der Waals surface area contributed by atoms with E-state index < -0.39 is 11.1 Å². The lowest BCUT2D eigenvalue weighted by molar-refractivity contribution is -0.142. The molecule has 5 aliphatic rings. The number of fused-ring (bicyclic) bond motifs is 6. The van der Waals surface area contributed by atoms with Crippen molar-refractivity contribution in [1.82, 2.24) is 9.88 Å². The molecule has 4 heterocycles. The molecule has 1 aromatic rings. The Bertz CT molecular complexity index is 908. The molecule has 2 atom stereocenters. The van der Waals surface area contributed by atoms with Crippen LogP contribution in [-0.2, 0) is 9.53 Å². The Morgan fingerprint density at radius 2 is 2.07 bits per heavy atom. The van der Waals surface area contributed by atoms with Crippen molar-refractivity contribution < 1.29 is 18.7 Å². The molecule has 2 saturated carbocycles. The van der Waals surface area contributed by atoms with E-state index in [9.17, 15) is 9.18 Å². The second kappa shape index (κ2) is 5.70. The normalized spacial score (nSPS) is 37.7. The van der Waals surface area contributed by atoms with Crippen molar-refractivity contribution in [3.63, 3.8) is 0 Å². The van der Waals surface area contributed by atoms with Crippen LogP contribution in [0.4, 0.5) is 4.39 Å². The Morgan fingerprint density at radius 1 is 1.25 bits per heavy atom. The number of amides is 1. The van der Waals surface area contributed by atoms with Gasteiger partial charge in [0.1, 0.15) is 17.5 Å². The molecule has 2 aliphatic carbocycles. The second-order valence-corrected chi connectivity index (χ2v) is 9.17. The summed E-state index contributed by atoms with van der Waals surface area (Å²) in [4.78, 5) is 19.8. The first-order chi connectivity index (χ1) is 13.6. The monoisotopic (exact) mass is 382 g/mol. The number of pyridine rings is 1. The summed E-state index contributed by atoms with van der Waals surface area (Å²) < 4.78 is 26.1. The lowest BCUT2D eigenvalue weighted by Gasteiger charge is -2.33. The summed E-state index contributed by atoms with van der Waals surface area (Å²) in [6.45, 7) is 1.94. The molecule has 0 radical (unpaired) electrons. The van der Waals surface area contributed by atoms with Crippen molar-refractivity contribution in [3.8, 4) is 17.6 Å². The first kappa shape index (κ1) is 16.8. The number of nitrogens with zero attached hydrogens (tertiary/aromatic N) is 2. The minimum atomic E-state index is -1.12. The Labute approximate surface area is 163 Å². The zero-order chi connectivity index (χ0) is 18.9. The Balaban J connectivity index is 1.31. The molecule has 5 nitrogen and oxygen atoms in total. The van der Waals surface area contributed by atoms with E-state index in [1.165, 1.54) is 0 Å². The number of ether oxygens (including phenoxy) is 2. The minimum absolute atomic E-state index is 0.0224. The van der Waals surface area contributed by atoms with Crippen LogP contribution in [0.2, 0.25) is 0 Å². The number of aromatic nitrogens is 1. The largest absolute Gasteiger partial charge is 0.487 e. The van der Waals surface area contributed by atoms with E-state index in [-0.39, 0.29) is 24.0 Å². The van der Waals surface area contributed by atoms with Crippen LogP contribution in [0.15, 0.2) is 12.4 Å². The first-order valence-electron chi connectivity index (χ1n) is 10.3. The van der Waals surface area contributed by atoms with E-state index in [0.717, 1.165) is 23.3 Å². The van der Waals surface area contributed by atoms with Gasteiger partial charge in [-0.05, 0) is 32.1 Å². The van der Waals surface area contributed by atoms with E-state index in [0.29, 0.717) is 51.9 Å². The third kappa shape index (κ3) is 2.35. The summed E-state index contributed by atoms with van der Waals surface area (Å²) in [6.07, 6.45) is 7.12. The van der Waals surface area contributed by atoms with Gasteiger partial charge in [-0.2, -0.15) is 0 Å². The third-order valence-electron chi connectivity index (χ3n) is 7.35. The van der Waals surface area contributed by atoms with E-state index >= 15 is 0 Å². The van der Waals surface area contributed by atoms with Crippen LogP contribution >= 0.6 is 0 Å². The van der Waals surface area contributed by atoms with Gasteiger partial charge in [-0.1, -0.05) is 11.8 Å². The quantitative estimate of drug-likeness (QED) is 0.701. The predicted molar refractivity (Wildman–Crippen MR) is 98.3 cm³/mol. The summed E-state index contributed by atoms with van der Waals surface area (Å²) >= 11 is 0. The number of hydrogen-bond donors (Lipinski definition) is 0. The lowest BCUT2D eigenvalue weighted by atomic mass is 9.82. The average molecular weight is 382 g/mol. The van der Waals surface area contributed by atoms with Crippen LogP contribution in [0.25, 0.3) is 0 Å². The van der Waals surface area contributed by atoms with Crippen LogP contribution in [-0.4, -0.2) is 47.3 Å². The summed E-state index contributed by atoms with van der Waals surface area (Å²) in [7, 11) is 0. The third-order valence-corrected chi connectivity index (χ3v) is 7.35. The lowest BCUT2D eigenvalue weighted by Crippen LogP contribution is -2.41. The molecule has 1 amide bonds. The minimum Gasteiger partial charge on any atom is -0.487 e. The summed E-state index contributed by atoms with van der Waals surface area (Å²) in [5, 5.41) is 0. The van der Waals surface area contributed by atoms with Gasteiger partial charge in [-0.3, -0.25) is 9.78 Å². The molecule has 146 valence electrons. The zero-order valence-electron chi connectivity index (χ0n) is 15.7. The summed E-state index contributed by atoms with van der Waals surface area (Å²) in [5.41, 5.74) is 0.115. The molecular weight excluding hydrogens is 359 g/mol. The maximum atomic E-state index is 14.7. The number of alkyl halides is 1. The van der Waals surface area contributed by atoms with Gasteiger partial charge in [0.25, 0.3) is 0 Å². The number of likely N-dealkylation sites (tertiary alicyclic amines) is 1. The number of hydrogen-bond acceptors (Lipinski definition) is 4. The van der Waals surface area contributed by atoms with Crippen molar-refractivity contribution in [3.05, 3.63) is 23.5 Å². The maximum Gasteiger partial charge on any atom is 0.229 e. The molecule has 0 aromatic carbocycles. The van der Waals surface area contributed by atoms with E-state index in [1.54, 1.807) is 12.4 Å². The first-order valence-corrected chi connectivity index (χ1v) is 10.3. The molecule has 4 bridgehead atoms. The molecule has 2 saturated heterocycles. The van der Waals surface area contributed by atoms with Gasteiger partial charge in [0.2, 0.25) is 5.91 Å². The fraction of sp³-hybridized carbons (Fsp3) is 0.636. The molecule has 0 unspecified atom stereocenters. The molecule has 0 N–H and O–H groups in total. The highest BCUT2D eigenvalue weighted by Gasteiger charge is 2.61. The molecular formula is C22H23FN2O3. The van der Waals surface area contributed by atoms with Crippen LogP contribution in [0.1, 0.15) is 55.7 Å². The smallest absolute Gasteiger partial charge is 0.229 e. The molecule has 6 rings (SSSR count). The van der Waals surface area contributed by atoms with Crippen molar-refractivity contribution in [2.45, 2.75) is 56.3 Å². The summed E-state index contributed by atoms with van der Waals surface area (Å²) in [5.74, 6) is 7.60. The van der Waals surface area contributed by atoms with Crippen LogP contribution < -0.4 is 4.74 Å². The fourth-order valence-corrected chi connectivity index (χ4v) is 5.72. The molecule has 3 aliphatic heterocycles. The van der Waals surface area contributed by atoms with E-state index in [4.69, 9.17) is 9.47 Å². The van der Waals surface area contributed by atoms with Gasteiger partial charge in [0.15, 0.2) is 0 Å². The number of rotatable bonds is 1. The van der Waals surface area contributed by atoms with Crippen molar-refractivity contribution in [1.29, 1.82) is 0 Å². The van der Waals surface area contributed by atoms with Gasteiger partial charge in [0.05, 0.1) is 42.7 Å². The van der Waals surface area contributed by atoms with Crippen molar-refractivity contribution in [2.24, 2.45) is 11.3 Å². The Morgan fingerprint density at radius 3 is 2.75 bits per heavy atom. The van der Waals surface area contributed by atoms with Gasteiger partial charge in [-0.25, -0.2) is 4.39 Å². The SMILES string of the molecule is O=C(N1C[C@@H]2C[C@H]1c1cncc(C#CC3COC3)c1O2)C12CCC(F)(CC1)C2. The molecule has 4 fully saturated rings. The maximum absolute atomic E-state index is 14.7. The molecule has 28 heavy (non-hydrogen) atoms. The van der Waals surface area contributed by atoms with Crippen LogP contribution in [0.5, 0.6) is 5.75 Å². The average Bonchev–Trinajstić information content (AvgIpc) is 3.30. The Kier molecular flexibility index (Phi) is 3.42. The Hall–Kier alpha value is -2.13. The number of carbonyl (C=O) groups excluding carboxylic acids is 1. The van der Waals surface area contributed by atoms with Gasteiger partial charge in [0, 0.05) is 24.4 Å². The standard InChI is InChI=1S/C22H23FN2O3/c23-22-5-3-21(13-22,4-6-22)20(26)25-10-16-7-18(25)17-9-24-8-15(19(17)28-16)2-1-14-11-27-12-14/h8-9,14,16,18H,3-7,10-13H2/t16-,18-,21?,22?/m0/s1. The number of halogens is 1. The van der Waals surface area contributed by atoms with Gasteiger partial charge >= 0.3 is 0 Å². The van der Waals surface area contributed by atoms with Crippen molar-refractivity contribution >= 4 is 5.91 Å². The highest BCUT2D eigenvalue weighted by molar-refractivity contribution is 5.85. The zero-order valence-corrected chi connectivity index (χ0v) is 15.7. The number of carbonyl (C=O) groups is 1. The second-order valence-electron chi connectivity index (χ2n) is 9.17. The predicted octanol–water partition coefficient (Wildman–Crippen LogP) is 2.79. The molecule has 6 heteroatoms. The topological polar surface area (TPSA) is 51.7 Å². The van der Waals surface area contributed by atoms with Crippen LogP contribution in [0.3, 0.4) is 0 Å². The van der Waals surface area contributed by atoms with Crippen molar-refractivity contribution in [2.75, 3.05) is 19.8 Å². The summed E-state index contributed by atoms with van der Waals surface area (Å²) in [6, 6.07) is -0.0351. The highest BCUT2D eigenvalue weighted by Crippen LogP contribution is 2.60. The fourth-order valence-electron chi connectivity index (χ4n) is 5.72. The van der Waals surface area contributed by atoms with E-state index in [1.807, 2.05) is 4.90 Å².